The minimum Gasteiger partial charge on any atom is -0.490 e. The van der Waals surface area contributed by atoms with Crippen LogP contribution >= 0.6 is 0 Å². The predicted octanol–water partition coefficient (Wildman–Crippen LogP) is 3.59. The highest BCUT2D eigenvalue weighted by molar-refractivity contribution is 5.83. The Bertz CT molecular complexity index is 1300. The van der Waals surface area contributed by atoms with Crippen LogP contribution < -0.4 is 14.8 Å². The molecule has 0 amide bonds. The summed E-state index contributed by atoms with van der Waals surface area (Å²) >= 11 is 0. The summed E-state index contributed by atoms with van der Waals surface area (Å²) in [7, 11) is 0. The van der Waals surface area contributed by atoms with Crippen LogP contribution in [0, 0.1) is 19.7 Å². The smallest absolute Gasteiger partial charge is 0.320 e. The van der Waals surface area contributed by atoms with Crippen molar-refractivity contribution in [2.75, 3.05) is 6.61 Å². The number of carboxylic acids is 1. The lowest BCUT2D eigenvalue weighted by molar-refractivity contribution is -0.139. The van der Waals surface area contributed by atoms with E-state index in [9.17, 15) is 9.18 Å². The summed E-state index contributed by atoms with van der Waals surface area (Å²) < 4.78 is 28.3. The number of hydrogen-bond acceptors (Lipinski definition) is 6. The molecular formula is C22H24FN5O4. The number of aliphatic carboxylic acids is 1. The number of aryl methyl sites for hydroxylation is 2. The highest BCUT2D eigenvalue weighted by Crippen LogP contribution is 2.34. The molecule has 0 radical (unpaired) electrons. The van der Waals surface area contributed by atoms with Crippen LogP contribution in [-0.2, 0) is 4.79 Å². The standard InChI is InChI=1S/C22H24FN5O4/c1-11-7-15-16(27-11)5-6-17(19(15)23)32-21-20-13(3)18(8-28(20)25-10-24-21)31-9-12(2)26-14(4)22(29)30/h5-8,10,12,14,26-27H,9H2,1-4H3,(H,29,30). The van der Waals surface area contributed by atoms with Gasteiger partial charge in [0.05, 0.1) is 6.20 Å². The second-order valence-electron chi connectivity index (χ2n) is 7.81. The van der Waals surface area contributed by atoms with E-state index in [0.29, 0.717) is 22.2 Å². The van der Waals surface area contributed by atoms with Crippen molar-refractivity contribution >= 4 is 22.4 Å². The van der Waals surface area contributed by atoms with E-state index in [1.807, 2.05) is 20.8 Å². The summed E-state index contributed by atoms with van der Waals surface area (Å²) in [6, 6.07) is 4.15. The number of carbonyl (C=O) groups is 1. The molecule has 0 saturated heterocycles. The van der Waals surface area contributed by atoms with Gasteiger partial charge in [-0.25, -0.2) is 8.91 Å². The van der Waals surface area contributed by atoms with Gasteiger partial charge >= 0.3 is 5.97 Å². The van der Waals surface area contributed by atoms with Gasteiger partial charge in [-0.1, -0.05) is 0 Å². The van der Waals surface area contributed by atoms with Crippen molar-refractivity contribution in [1.29, 1.82) is 0 Å². The fraction of sp³-hybridized carbons (Fsp3) is 0.318. The van der Waals surface area contributed by atoms with E-state index in [2.05, 4.69) is 20.4 Å². The molecule has 0 aliphatic rings. The van der Waals surface area contributed by atoms with Crippen LogP contribution in [-0.4, -0.2) is 49.3 Å². The third-order valence-electron chi connectivity index (χ3n) is 5.18. The molecule has 0 aliphatic heterocycles. The zero-order chi connectivity index (χ0) is 23.0. The molecule has 0 bridgehead atoms. The Balaban J connectivity index is 1.58. The Labute approximate surface area is 183 Å². The number of hydrogen-bond donors (Lipinski definition) is 3. The Morgan fingerprint density at radius 3 is 2.84 bits per heavy atom. The number of aromatic nitrogens is 4. The number of nitrogens with zero attached hydrogens (tertiary/aromatic N) is 3. The van der Waals surface area contributed by atoms with Crippen molar-refractivity contribution in [3.05, 3.63) is 47.8 Å². The zero-order valence-electron chi connectivity index (χ0n) is 18.1. The number of aromatic amines is 1. The lowest BCUT2D eigenvalue weighted by Crippen LogP contribution is -2.42. The maximum atomic E-state index is 15.0. The molecule has 2 unspecified atom stereocenters. The van der Waals surface area contributed by atoms with Gasteiger partial charge < -0.3 is 19.6 Å². The fourth-order valence-electron chi connectivity index (χ4n) is 3.56. The Kier molecular flexibility index (Phi) is 5.70. The van der Waals surface area contributed by atoms with Gasteiger partial charge in [-0.15, -0.1) is 0 Å². The summed E-state index contributed by atoms with van der Waals surface area (Å²) in [4.78, 5) is 18.3. The monoisotopic (exact) mass is 441 g/mol. The van der Waals surface area contributed by atoms with E-state index >= 15 is 0 Å². The molecule has 2 atom stereocenters. The summed E-state index contributed by atoms with van der Waals surface area (Å²) in [6.07, 6.45) is 3.00. The molecule has 10 heteroatoms. The van der Waals surface area contributed by atoms with Crippen LogP contribution in [0.1, 0.15) is 25.1 Å². The number of fused-ring (bicyclic) bond motifs is 2. The van der Waals surface area contributed by atoms with Crippen molar-refractivity contribution in [1.82, 2.24) is 24.9 Å². The normalized spacial score (nSPS) is 13.4. The minimum atomic E-state index is -0.931. The molecule has 1 aromatic carbocycles. The molecule has 168 valence electrons. The maximum absolute atomic E-state index is 15.0. The van der Waals surface area contributed by atoms with E-state index in [0.717, 1.165) is 11.3 Å². The van der Waals surface area contributed by atoms with Crippen molar-refractivity contribution in [3.8, 4) is 17.4 Å². The number of rotatable bonds is 8. The highest BCUT2D eigenvalue weighted by Gasteiger charge is 2.19. The van der Waals surface area contributed by atoms with E-state index in [1.165, 1.54) is 6.33 Å². The van der Waals surface area contributed by atoms with Crippen LogP contribution in [0.4, 0.5) is 4.39 Å². The molecule has 0 spiro atoms. The number of ether oxygens (including phenoxy) is 2. The first kappa shape index (κ1) is 21.6. The quantitative estimate of drug-likeness (QED) is 0.383. The average Bonchev–Trinajstić information content (AvgIpc) is 3.29. The summed E-state index contributed by atoms with van der Waals surface area (Å²) in [5.41, 5.74) is 2.81. The first-order valence-corrected chi connectivity index (χ1v) is 10.1. The van der Waals surface area contributed by atoms with Crippen LogP contribution in [0.25, 0.3) is 16.4 Å². The number of nitrogens with one attached hydrogen (secondary N) is 2. The van der Waals surface area contributed by atoms with E-state index in [-0.39, 0.29) is 24.3 Å². The summed E-state index contributed by atoms with van der Waals surface area (Å²) in [5.74, 6) is -0.606. The molecule has 9 nitrogen and oxygen atoms in total. The predicted molar refractivity (Wildman–Crippen MR) is 116 cm³/mol. The van der Waals surface area contributed by atoms with Gasteiger partial charge in [-0.3, -0.25) is 10.1 Å². The Morgan fingerprint density at radius 2 is 2.09 bits per heavy atom. The number of carboxylic acid groups (broad SMARTS) is 1. The SMILES string of the molecule is Cc1cc2c(F)c(Oc3ncnn4cc(OCC(C)NC(C)C(=O)O)c(C)c34)ccc2[nH]1. The van der Waals surface area contributed by atoms with Crippen molar-refractivity contribution in [2.24, 2.45) is 0 Å². The molecule has 0 saturated carbocycles. The Hall–Kier alpha value is -3.66. The molecule has 3 aromatic heterocycles. The van der Waals surface area contributed by atoms with Crippen molar-refractivity contribution in [3.63, 3.8) is 0 Å². The first-order valence-electron chi connectivity index (χ1n) is 10.1. The summed E-state index contributed by atoms with van der Waals surface area (Å²) in [5, 5.41) is 16.6. The van der Waals surface area contributed by atoms with Crippen LogP contribution in [0.2, 0.25) is 0 Å². The lowest BCUT2D eigenvalue weighted by atomic mass is 10.2. The fourth-order valence-corrected chi connectivity index (χ4v) is 3.56. The van der Waals surface area contributed by atoms with Crippen LogP contribution in [0.5, 0.6) is 17.4 Å². The largest absolute Gasteiger partial charge is 0.490 e. The van der Waals surface area contributed by atoms with Gasteiger partial charge in [0.15, 0.2) is 11.6 Å². The zero-order valence-corrected chi connectivity index (χ0v) is 18.1. The second-order valence-corrected chi connectivity index (χ2v) is 7.81. The van der Waals surface area contributed by atoms with Gasteiger partial charge in [-0.2, -0.15) is 10.1 Å². The molecule has 4 aromatic rings. The minimum absolute atomic E-state index is 0.0562. The van der Waals surface area contributed by atoms with E-state index < -0.39 is 17.8 Å². The average molecular weight is 441 g/mol. The van der Waals surface area contributed by atoms with E-state index in [4.69, 9.17) is 14.6 Å². The van der Waals surface area contributed by atoms with Crippen LogP contribution in [0.3, 0.4) is 0 Å². The number of benzene rings is 1. The third-order valence-corrected chi connectivity index (χ3v) is 5.18. The van der Waals surface area contributed by atoms with Crippen molar-refractivity contribution in [2.45, 2.75) is 39.8 Å². The lowest BCUT2D eigenvalue weighted by Gasteiger charge is -2.17. The molecule has 3 N–H and O–H groups in total. The summed E-state index contributed by atoms with van der Waals surface area (Å²) in [6.45, 7) is 7.34. The van der Waals surface area contributed by atoms with Gasteiger partial charge in [0.1, 0.15) is 30.2 Å². The third kappa shape index (κ3) is 4.09. The maximum Gasteiger partial charge on any atom is 0.320 e. The molecule has 32 heavy (non-hydrogen) atoms. The number of H-pyrrole nitrogens is 1. The van der Waals surface area contributed by atoms with Gasteiger partial charge in [0.25, 0.3) is 0 Å². The number of halogens is 1. The van der Waals surface area contributed by atoms with Crippen LogP contribution in [0.15, 0.2) is 30.7 Å². The molecular weight excluding hydrogens is 417 g/mol. The molecule has 0 fully saturated rings. The van der Waals surface area contributed by atoms with E-state index in [1.54, 1.807) is 35.8 Å². The highest BCUT2D eigenvalue weighted by atomic mass is 19.1. The van der Waals surface area contributed by atoms with Gasteiger partial charge in [0, 0.05) is 28.2 Å². The van der Waals surface area contributed by atoms with Gasteiger partial charge in [-0.05, 0) is 45.9 Å². The van der Waals surface area contributed by atoms with Crippen molar-refractivity contribution < 1.29 is 23.8 Å². The topological polar surface area (TPSA) is 114 Å². The Morgan fingerprint density at radius 1 is 1.31 bits per heavy atom. The van der Waals surface area contributed by atoms with Gasteiger partial charge in [0.2, 0.25) is 5.88 Å². The molecule has 4 rings (SSSR count). The first-order chi connectivity index (χ1) is 15.2. The molecule has 3 heterocycles. The second kappa shape index (κ2) is 8.46. The molecule has 0 aliphatic carbocycles.